The molecule has 0 fully saturated rings. The van der Waals surface area contributed by atoms with Crippen LogP contribution in [0.5, 0.6) is 0 Å². The molecule has 75 heavy (non-hydrogen) atoms. The highest BCUT2D eigenvalue weighted by molar-refractivity contribution is 5.71. The second-order valence-electron chi connectivity index (χ2n) is 23.1. The van der Waals surface area contributed by atoms with Crippen LogP contribution in [0, 0.1) is 0 Å². The van der Waals surface area contributed by atoms with Gasteiger partial charge >= 0.3 is 17.9 Å². The summed E-state index contributed by atoms with van der Waals surface area (Å²) in [6.45, 7) is 6.64. The van der Waals surface area contributed by atoms with Crippen LogP contribution < -0.4 is 0 Å². The van der Waals surface area contributed by atoms with E-state index in [1.807, 2.05) is 0 Å². The molecule has 0 aliphatic heterocycles. The molecule has 0 spiro atoms. The highest BCUT2D eigenvalue weighted by atomic mass is 16.6. The molecule has 6 nitrogen and oxygen atoms in total. The number of rotatable bonds is 63. The minimum Gasteiger partial charge on any atom is -0.462 e. The lowest BCUT2D eigenvalue weighted by molar-refractivity contribution is -0.167. The number of unbranched alkanes of at least 4 members (excludes halogenated alkanes) is 48. The van der Waals surface area contributed by atoms with Gasteiger partial charge in [-0.2, -0.15) is 0 Å². The molecule has 442 valence electrons. The van der Waals surface area contributed by atoms with Gasteiger partial charge in [0.05, 0.1) is 0 Å². The quantitative estimate of drug-likeness (QED) is 0.0261. The van der Waals surface area contributed by atoms with Gasteiger partial charge in [-0.15, -0.1) is 0 Å². The smallest absolute Gasteiger partial charge is 0.306 e. The summed E-state index contributed by atoms with van der Waals surface area (Å²) in [4.78, 5) is 38.3. The maximum Gasteiger partial charge on any atom is 0.306 e. The van der Waals surface area contributed by atoms with E-state index >= 15 is 0 Å². The van der Waals surface area contributed by atoms with E-state index in [4.69, 9.17) is 14.2 Å². The topological polar surface area (TPSA) is 78.9 Å². The van der Waals surface area contributed by atoms with Crippen molar-refractivity contribution in [2.24, 2.45) is 0 Å². The molecule has 0 amide bonds. The molecular formula is C69H130O6. The first kappa shape index (κ1) is 72.9. The van der Waals surface area contributed by atoms with E-state index in [0.717, 1.165) is 83.5 Å². The Hall–Kier alpha value is -2.11. The monoisotopic (exact) mass is 1050 g/mol. The lowest BCUT2D eigenvalue weighted by Gasteiger charge is -2.18. The zero-order valence-corrected chi connectivity index (χ0v) is 50.8. The summed E-state index contributed by atoms with van der Waals surface area (Å²) in [6, 6.07) is 0. The minimum atomic E-state index is -0.773. The summed E-state index contributed by atoms with van der Waals surface area (Å²) in [6.07, 6.45) is 77.8. The molecule has 0 N–H and O–H groups in total. The van der Waals surface area contributed by atoms with Crippen LogP contribution in [0.3, 0.4) is 0 Å². The summed E-state index contributed by atoms with van der Waals surface area (Å²) >= 11 is 0. The molecule has 0 rings (SSSR count). The highest BCUT2D eigenvalue weighted by Crippen LogP contribution is 2.19. The van der Waals surface area contributed by atoms with Crippen molar-refractivity contribution in [1.82, 2.24) is 0 Å². The highest BCUT2D eigenvalue weighted by Gasteiger charge is 2.19. The zero-order valence-electron chi connectivity index (χ0n) is 50.8. The van der Waals surface area contributed by atoms with E-state index in [0.29, 0.717) is 19.3 Å². The van der Waals surface area contributed by atoms with Crippen LogP contribution in [0.1, 0.15) is 380 Å². The Morgan fingerprint density at radius 2 is 0.507 bits per heavy atom. The van der Waals surface area contributed by atoms with Crippen LogP contribution in [0.25, 0.3) is 0 Å². The molecule has 1 atom stereocenters. The van der Waals surface area contributed by atoms with Crippen LogP contribution in [0.15, 0.2) is 24.3 Å². The van der Waals surface area contributed by atoms with Gasteiger partial charge in [0.1, 0.15) is 13.2 Å². The molecule has 0 aromatic carbocycles. The summed E-state index contributed by atoms with van der Waals surface area (Å²) in [5.74, 6) is -0.856. The number of carbonyl (C=O) groups excluding carboxylic acids is 3. The van der Waals surface area contributed by atoms with Gasteiger partial charge in [0.25, 0.3) is 0 Å². The Morgan fingerprint density at radius 3 is 0.787 bits per heavy atom. The molecule has 1 unspecified atom stereocenters. The van der Waals surface area contributed by atoms with Gasteiger partial charge in [-0.3, -0.25) is 14.4 Å². The molecule has 0 saturated heterocycles. The predicted octanol–water partition coefficient (Wildman–Crippen LogP) is 23.0. The Labute approximate surface area is 468 Å². The molecule has 6 heteroatoms. The number of hydrogen-bond donors (Lipinski definition) is 0. The molecule has 0 aliphatic carbocycles. The molecule has 0 heterocycles. The SMILES string of the molecule is CCC/C=C\C/C=C\CCCCCCCC(=O)OCC(COC(=O)CCCCCCCCCCCCCCCCCCCCCCCCCCCCCC)OC(=O)CCCCCCCCCCCCCCCCCC. The molecule has 0 saturated carbocycles. The van der Waals surface area contributed by atoms with Crippen molar-refractivity contribution in [3.63, 3.8) is 0 Å². The second kappa shape index (κ2) is 64.4. The van der Waals surface area contributed by atoms with Crippen LogP contribution in [-0.4, -0.2) is 37.2 Å². The van der Waals surface area contributed by atoms with Crippen molar-refractivity contribution in [2.45, 2.75) is 386 Å². The Kier molecular flexibility index (Phi) is 62.6. The van der Waals surface area contributed by atoms with E-state index in [1.54, 1.807) is 0 Å². The van der Waals surface area contributed by atoms with E-state index < -0.39 is 6.10 Å². The van der Waals surface area contributed by atoms with Crippen LogP contribution in [0.2, 0.25) is 0 Å². The molecule has 0 aromatic rings. The maximum atomic E-state index is 12.9. The average molecular weight is 1060 g/mol. The Balaban J connectivity index is 4.15. The first-order valence-corrected chi connectivity index (χ1v) is 33.8. The van der Waals surface area contributed by atoms with Crippen molar-refractivity contribution in [3.05, 3.63) is 24.3 Å². The second-order valence-corrected chi connectivity index (χ2v) is 23.1. The third kappa shape index (κ3) is 62.6. The van der Waals surface area contributed by atoms with Crippen LogP contribution in [-0.2, 0) is 28.6 Å². The fraction of sp³-hybridized carbons (Fsp3) is 0.899. The molecule has 0 bridgehead atoms. The third-order valence-corrected chi connectivity index (χ3v) is 15.4. The van der Waals surface area contributed by atoms with Crippen molar-refractivity contribution >= 4 is 17.9 Å². The first-order chi connectivity index (χ1) is 37.0. The number of allylic oxidation sites excluding steroid dienone is 4. The first-order valence-electron chi connectivity index (χ1n) is 33.8. The van der Waals surface area contributed by atoms with Gasteiger partial charge in [-0.25, -0.2) is 0 Å². The molecule has 0 aromatic heterocycles. The lowest BCUT2D eigenvalue weighted by Crippen LogP contribution is -2.30. The Bertz CT molecular complexity index is 1210. The molecule has 0 radical (unpaired) electrons. The number of ether oxygens (including phenoxy) is 3. The third-order valence-electron chi connectivity index (χ3n) is 15.4. The summed E-state index contributed by atoms with van der Waals surface area (Å²) in [7, 11) is 0. The van der Waals surface area contributed by atoms with Gasteiger partial charge in [0.2, 0.25) is 0 Å². The maximum absolute atomic E-state index is 12.9. The largest absolute Gasteiger partial charge is 0.462 e. The summed E-state index contributed by atoms with van der Waals surface area (Å²) in [5, 5.41) is 0. The van der Waals surface area contributed by atoms with Gasteiger partial charge < -0.3 is 14.2 Å². The number of hydrogen-bond acceptors (Lipinski definition) is 6. The number of carbonyl (C=O) groups is 3. The van der Waals surface area contributed by atoms with Gasteiger partial charge in [0, 0.05) is 19.3 Å². The zero-order chi connectivity index (χ0) is 54.3. The van der Waals surface area contributed by atoms with Crippen molar-refractivity contribution in [2.75, 3.05) is 13.2 Å². The van der Waals surface area contributed by atoms with Crippen LogP contribution >= 0.6 is 0 Å². The van der Waals surface area contributed by atoms with E-state index in [1.165, 1.54) is 257 Å². The van der Waals surface area contributed by atoms with Crippen LogP contribution in [0.4, 0.5) is 0 Å². The minimum absolute atomic E-state index is 0.0696. The fourth-order valence-corrected chi connectivity index (χ4v) is 10.4. The average Bonchev–Trinajstić information content (AvgIpc) is 3.41. The van der Waals surface area contributed by atoms with E-state index in [2.05, 4.69) is 45.1 Å². The van der Waals surface area contributed by atoms with Crippen molar-refractivity contribution < 1.29 is 28.6 Å². The molecular weight excluding hydrogens is 925 g/mol. The Morgan fingerprint density at radius 1 is 0.267 bits per heavy atom. The van der Waals surface area contributed by atoms with E-state index in [9.17, 15) is 14.4 Å². The van der Waals surface area contributed by atoms with E-state index in [-0.39, 0.29) is 31.1 Å². The standard InChI is InChI=1S/C69H130O6/c1-4-7-10-13-16-19-22-25-27-29-30-31-32-33-34-35-36-37-38-39-40-42-44-47-50-53-56-59-62-68(71)74-65-66(64-73-67(70)61-58-55-52-49-46-43-24-21-18-15-12-9-6-3)75-69(72)63-60-57-54-51-48-45-41-28-26-23-20-17-14-11-8-5-2/h12,15,21,24,66H,4-11,13-14,16-20,22-23,25-65H2,1-3H3/b15-12-,24-21-. The normalized spacial score (nSPS) is 12.1. The van der Waals surface area contributed by atoms with Crippen molar-refractivity contribution in [1.29, 1.82) is 0 Å². The molecule has 0 aliphatic rings. The predicted molar refractivity (Wildman–Crippen MR) is 326 cm³/mol. The fourth-order valence-electron chi connectivity index (χ4n) is 10.4. The summed E-state index contributed by atoms with van der Waals surface area (Å²) in [5.41, 5.74) is 0. The van der Waals surface area contributed by atoms with Gasteiger partial charge in [0.15, 0.2) is 6.10 Å². The van der Waals surface area contributed by atoms with Gasteiger partial charge in [-0.05, 0) is 44.9 Å². The van der Waals surface area contributed by atoms with Crippen molar-refractivity contribution in [3.8, 4) is 0 Å². The number of esters is 3. The summed E-state index contributed by atoms with van der Waals surface area (Å²) < 4.78 is 16.9. The lowest BCUT2D eigenvalue weighted by atomic mass is 10.0. The van der Waals surface area contributed by atoms with Gasteiger partial charge in [-0.1, -0.05) is 340 Å².